The van der Waals surface area contributed by atoms with E-state index in [9.17, 15) is 5.11 Å². The maximum absolute atomic E-state index is 10.4. The van der Waals surface area contributed by atoms with Crippen molar-refractivity contribution >= 4 is 23.5 Å². The number of aliphatic hydroxyl groups excluding tert-OH is 1. The van der Waals surface area contributed by atoms with Crippen LogP contribution >= 0.6 is 23.5 Å². The van der Waals surface area contributed by atoms with E-state index in [1.165, 1.54) is 5.56 Å². The highest BCUT2D eigenvalue weighted by molar-refractivity contribution is 8.17. The molecule has 1 aromatic carbocycles. The molecule has 0 radical (unpaired) electrons. The fraction of sp³-hybridized carbons (Fsp3) is 0.571. The van der Waals surface area contributed by atoms with Crippen LogP contribution in [0.15, 0.2) is 24.3 Å². The molecule has 1 aliphatic heterocycles. The Hall–Kier alpha value is -0.160. The first kappa shape index (κ1) is 14.3. The molecular formula is C14H21NOS2. The largest absolute Gasteiger partial charge is 0.386 e. The smallest absolute Gasteiger partial charge is 0.1000 e. The summed E-state index contributed by atoms with van der Waals surface area (Å²) in [5, 5.41) is 10.4. The molecule has 1 fully saturated rings. The maximum Gasteiger partial charge on any atom is 0.1000 e. The van der Waals surface area contributed by atoms with Gasteiger partial charge < -0.3 is 10.0 Å². The second-order valence-corrected chi connectivity index (χ2v) is 7.66. The third-order valence-electron chi connectivity index (χ3n) is 3.28. The topological polar surface area (TPSA) is 23.5 Å². The molecule has 1 aromatic rings. The molecule has 0 spiro atoms. The van der Waals surface area contributed by atoms with Crippen LogP contribution < -0.4 is 0 Å². The van der Waals surface area contributed by atoms with Crippen LogP contribution in [0, 0.1) is 6.92 Å². The van der Waals surface area contributed by atoms with Crippen molar-refractivity contribution in [2.75, 3.05) is 25.6 Å². The number of benzene rings is 1. The SMILES string of the molecule is Cc1cccc(C(O)C2SCC(N(C)C)CS2)c1. The summed E-state index contributed by atoms with van der Waals surface area (Å²) in [7, 11) is 4.26. The Morgan fingerprint density at radius 1 is 1.28 bits per heavy atom. The summed E-state index contributed by atoms with van der Waals surface area (Å²) < 4.78 is 0.267. The summed E-state index contributed by atoms with van der Waals surface area (Å²) in [5.41, 5.74) is 2.26. The minimum Gasteiger partial charge on any atom is -0.386 e. The van der Waals surface area contributed by atoms with Gasteiger partial charge in [0.1, 0.15) is 0 Å². The van der Waals surface area contributed by atoms with E-state index in [1.54, 1.807) is 0 Å². The summed E-state index contributed by atoms with van der Waals surface area (Å²) in [5.74, 6) is 2.21. The molecule has 0 amide bonds. The average molecular weight is 283 g/mol. The summed E-state index contributed by atoms with van der Waals surface area (Å²) in [6, 6.07) is 8.83. The molecular weight excluding hydrogens is 262 g/mol. The Morgan fingerprint density at radius 3 is 2.50 bits per heavy atom. The first-order chi connectivity index (χ1) is 8.58. The Labute approximate surface area is 118 Å². The van der Waals surface area contributed by atoms with Crippen LogP contribution in [0.1, 0.15) is 17.2 Å². The van der Waals surface area contributed by atoms with Crippen LogP contribution in [0.2, 0.25) is 0 Å². The Kier molecular flexibility index (Phi) is 5.01. The van der Waals surface area contributed by atoms with Gasteiger partial charge in [0.25, 0.3) is 0 Å². The van der Waals surface area contributed by atoms with E-state index in [-0.39, 0.29) is 10.7 Å². The van der Waals surface area contributed by atoms with Gasteiger partial charge in [-0.25, -0.2) is 0 Å². The number of hydrogen-bond donors (Lipinski definition) is 1. The van der Waals surface area contributed by atoms with Gasteiger partial charge in [-0.1, -0.05) is 29.8 Å². The van der Waals surface area contributed by atoms with Crippen molar-refractivity contribution in [3.63, 3.8) is 0 Å². The van der Waals surface area contributed by atoms with E-state index in [4.69, 9.17) is 0 Å². The van der Waals surface area contributed by atoms with Crippen molar-refractivity contribution in [2.24, 2.45) is 0 Å². The maximum atomic E-state index is 10.4. The second-order valence-electron chi connectivity index (χ2n) is 5.01. The van der Waals surface area contributed by atoms with Crippen LogP contribution in [0.25, 0.3) is 0 Å². The highest BCUT2D eigenvalue weighted by atomic mass is 32.2. The van der Waals surface area contributed by atoms with Gasteiger partial charge in [-0.3, -0.25) is 0 Å². The summed E-state index contributed by atoms with van der Waals surface area (Å²) in [6.07, 6.45) is -0.358. The predicted molar refractivity (Wildman–Crippen MR) is 82.3 cm³/mol. The van der Waals surface area contributed by atoms with E-state index in [0.717, 1.165) is 17.1 Å². The summed E-state index contributed by atoms with van der Waals surface area (Å²) >= 11 is 3.76. The van der Waals surface area contributed by atoms with E-state index in [1.807, 2.05) is 35.7 Å². The van der Waals surface area contributed by atoms with Gasteiger partial charge in [-0.05, 0) is 26.6 Å². The zero-order valence-electron chi connectivity index (χ0n) is 11.2. The lowest BCUT2D eigenvalue weighted by Crippen LogP contribution is -2.37. The van der Waals surface area contributed by atoms with Crippen LogP contribution in [0.4, 0.5) is 0 Å². The number of aryl methyl sites for hydroxylation is 1. The van der Waals surface area contributed by atoms with Crippen LogP contribution in [-0.2, 0) is 0 Å². The van der Waals surface area contributed by atoms with Gasteiger partial charge in [0, 0.05) is 17.5 Å². The summed E-state index contributed by atoms with van der Waals surface area (Å²) in [6.45, 7) is 2.07. The van der Waals surface area contributed by atoms with Gasteiger partial charge in [0.15, 0.2) is 0 Å². The number of rotatable bonds is 3. The van der Waals surface area contributed by atoms with Gasteiger partial charge in [-0.2, -0.15) is 0 Å². The lowest BCUT2D eigenvalue weighted by molar-refractivity contribution is 0.195. The molecule has 100 valence electrons. The minimum absolute atomic E-state index is 0.267. The normalized spacial score (nSPS) is 26.3. The van der Waals surface area contributed by atoms with Gasteiger partial charge in [-0.15, -0.1) is 23.5 Å². The van der Waals surface area contributed by atoms with Crippen molar-refractivity contribution < 1.29 is 5.11 Å². The summed E-state index contributed by atoms with van der Waals surface area (Å²) in [4.78, 5) is 2.27. The lowest BCUT2D eigenvalue weighted by atomic mass is 10.1. The number of thioether (sulfide) groups is 2. The first-order valence-electron chi connectivity index (χ1n) is 6.22. The van der Waals surface area contributed by atoms with Crippen molar-refractivity contribution in [3.05, 3.63) is 35.4 Å². The predicted octanol–water partition coefficient (Wildman–Crippen LogP) is 2.76. The van der Waals surface area contributed by atoms with E-state index in [2.05, 4.69) is 38.1 Å². The van der Waals surface area contributed by atoms with Gasteiger partial charge in [0.2, 0.25) is 0 Å². The van der Waals surface area contributed by atoms with Gasteiger partial charge in [0.05, 0.1) is 10.7 Å². The minimum atomic E-state index is -0.358. The standard InChI is InChI=1S/C14H21NOS2/c1-10-5-4-6-11(7-10)13(16)14-17-8-12(9-18-14)15(2)3/h4-7,12-14,16H,8-9H2,1-3H3. The van der Waals surface area contributed by atoms with E-state index >= 15 is 0 Å². The third kappa shape index (κ3) is 3.44. The van der Waals surface area contributed by atoms with Crippen LogP contribution in [0.3, 0.4) is 0 Å². The zero-order chi connectivity index (χ0) is 13.1. The molecule has 2 rings (SSSR count). The molecule has 0 aliphatic carbocycles. The average Bonchev–Trinajstić information content (AvgIpc) is 2.38. The van der Waals surface area contributed by atoms with E-state index < -0.39 is 0 Å². The number of hydrogen-bond acceptors (Lipinski definition) is 4. The zero-order valence-corrected chi connectivity index (χ0v) is 12.8. The molecule has 0 bridgehead atoms. The van der Waals surface area contributed by atoms with Gasteiger partial charge >= 0.3 is 0 Å². The molecule has 18 heavy (non-hydrogen) atoms. The quantitative estimate of drug-likeness (QED) is 0.921. The lowest BCUT2D eigenvalue weighted by Gasteiger charge is -2.34. The highest BCUT2D eigenvalue weighted by Crippen LogP contribution is 2.40. The highest BCUT2D eigenvalue weighted by Gasteiger charge is 2.29. The fourth-order valence-electron chi connectivity index (χ4n) is 2.00. The second kappa shape index (κ2) is 6.33. The first-order valence-corrected chi connectivity index (χ1v) is 8.32. The molecule has 1 heterocycles. The molecule has 1 atom stereocenters. The molecule has 0 aromatic heterocycles. The van der Waals surface area contributed by atoms with Crippen molar-refractivity contribution in [1.29, 1.82) is 0 Å². The Bertz CT molecular complexity index is 389. The van der Waals surface area contributed by atoms with Crippen molar-refractivity contribution in [1.82, 2.24) is 4.90 Å². The Morgan fingerprint density at radius 2 is 1.94 bits per heavy atom. The molecule has 2 nitrogen and oxygen atoms in total. The molecule has 4 heteroatoms. The van der Waals surface area contributed by atoms with E-state index in [0.29, 0.717) is 6.04 Å². The third-order valence-corrected chi connectivity index (χ3v) is 6.42. The number of nitrogens with zero attached hydrogens (tertiary/aromatic N) is 1. The molecule has 0 saturated carbocycles. The van der Waals surface area contributed by atoms with Crippen molar-refractivity contribution in [3.8, 4) is 0 Å². The number of aliphatic hydroxyl groups is 1. The molecule has 1 saturated heterocycles. The van der Waals surface area contributed by atoms with Crippen molar-refractivity contribution in [2.45, 2.75) is 23.7 Å². The van der Waals surface area contributed by atoms with Crippen LogP contribution in [0.5, 0.6) is 0 Å². The van der Waals surface area contributed by atoms with Crippen LogP contribution in [-0.4, -0.2) is 46.2 Å². The molecule has 1 N–H and O–H groups in total. The molecule has 1 aliphatic rings. The Balaban J connectivity index is 1.97. The fourth-order valence-corrected chi connectivity index (χ4v) is 5.34. The monoisotopic (exact) mass is 283 g/mol. The molecule has 1 unspecified atom stereocenters.